The van der Waals surface area contributed by atoms with E-state index >= 15 is 0 Å². The van der Waals surface area contributed by atoms with E-state index < -0.39 is 5.60 Å². The third-order valence-corrected chi connectivity index (χ3v) is 6.11. The van der Waals surface area contributed by atoms with Crippen molar-refractivity contribution in [2.75, 3.05) is 11.1 Å². The number of pyridine rings is 1. The van der Waals surface area contributed by atoms with Crippen LogP contribution in [0.3, 0.4) is 0 Å². The first-order valence-electron chi connectivity index (χ1n) is 8.39. The predicted molar refractivity (Wildman–Crippen MR) is 98.7 cm³/mol. The second kappa shape index (κ2) is 6.20. The second-order valence-corrected chi connectivity index (χ2v) is 7.55. The number of nitrogens with zero attached hydrogens (tertiary/aromatic N) is 4. The third-order valence-electron chi connectivity index (χ3n) is 4.87. The van der Waals surface area contributed by atoms with Crippen molar-refractivity contribution in [3.8, 4) is 0 Å². The smallest absolute Gasteiger partial charge is 0.151 e. The van der Waals surface area contributed by atoms with Gasteiger partial charge in [-0.05, 0) is 24.8 Å². The Kier molecular flexibility index (Phi) is 4.01. The zero-order valence-corrected chi connectivity index (χ0v) is 14.8. The first-order chi connectivity index (χ1) is 12.1. The molecule has 3 heterocycles. The Bertz CT molecular complexity index is 913. The number of rotatable bonds is 3. The summed E-state index contributed by atoms with van der Waals surface area (Å²) in [6, 6.07) is 3.52. The summed E-state index contributed by atoms with van der Waals surface area (Å²) in [5.41, 5.74) is 5.68. The fraction of sp³-hybridized carbons (Fsp3) is 0.412. The molecule has 1 saturated carbocycles. The first-order valence-corrected chi connectivity index (χ1v) is 9.21. The summed E-state index contributed by atoms with van der Waals surface area (Å²) in [5.74, 6) is 1.83. The fourth-order valence-electron chi connectivity index (χ4n) is 3.34. The molecule has 1 aliphatic carbocycles. The largest absolute Gasteiger partial charge is 0.384 e. The van der Waals surface area contributed by atoms with Gasteiger partial charge in [-0.3, -0.25) is 0 Å². The lowest BCUT2D eigenvalue weighted by molar-refractivity contribution is -0.0469. The molecule has 130 valence electrons. The Morgan fingerprint density at radius 2 is 2.20 bits per heavy atom. The molecule has 1 fully saturated rings. The summed E-state index contributed by atoms with van der Waals surface area (Å²) in [6.07, 6.45) is 7.08. The first kappa shape index (κ1) is 16.2. The van der Waals surface area contributed by atoms with E-state index in [1.165, 1.54) is 17.7 Å². The van der Waals surface area contributed by atoms with Crippen LogP contribution in [0.4, 0.5) is 17.5 Å². The maximum atomic E-state index is 11.2. The summed E-state index contributed by atoms with van der Waals surface area (Å²) >= 11 is 1.50. The van der Waals surface area contributed by atoms with E-state index in [0.717, 1.165) is 40.9 Å². The molecule has 1 aliphatic rings. The van der Waals surface area contributed by atoms with E-state index in [1.54, 1.807) is 12.3 Å². The maximum absolute atomic E-state index is 11.2. The van der Waals surface area contributed by atoms with Gasteiger partial charge in [0.05, 0.1) is 10.2 Å². The van der Waals surface area contributed by atoms with Crippen LogP contribution < -0.4 is 11.1 Å². The van der Waals surface area contributed by atoms with E-state index in [4.69, 9.17) is 10.7 Å². The van der Waals surface area contributed by atoms with E-state index in [0.29, 0.717) is 17.5 Å². The molecule has 0 saturated heterocycles. The van der Waals surface area contributed by atoms with Crippen molar-refractivity contribution in [1.29, 1.82) is 0 Å². The van der Waals surface area contributed by atoms with Crippen molar-refractivity contribution >= 4 is 39.0 Å². The number of thiazole rings is 1. The third kappa shape index (κ3) is 2.91. The molecule has 0 amide bonds. The van der Waals surface area contributed by atoms with Gasteiger partial charge >= 0.3 is 0 Å². The lowest BCUT2D eigenvalue weighted by Gasteiger charge is -2.36. The van der Waals surface area contributed by atoms with Crippen molar-refractivity contribution < 1.29 is 5.11 Å². The number of hydrogen-bond donors (Lipinski definition) is 3. The summed E-state index contributed by atoms with van der Waals surface area (Å²) < 4.78 is 0.904. The molecular weight excluding hydrogens is 336 g/mol. The second-order valence-electron chi connectivity index (χ2n) is 6.55. The number of nitrogen functional groups attached to an aromatic ring is 1. The monoisotopic (exact) mass is 356 g/mol. The molecule has 0 bridgehead atoms. The molecule has 0 spiro atoms. The summed E-state index contributed by atoms with van der Waals surface area (Å²) in [6.45, 7) is 2.10. The number of aliphatic hydroxyl groups is 1. The quantitative estimate of drug-likeness (QED) is 0.661. The van der Waals surface area contributed by atoms with Crippen molar-refractivity contribution in [2.45, 2.75) is 38.2 Å². The van der Waals surface area contributed by atoms with Crippen LogP contribution in [0.15, 0.2) is 24.7 Å². The average Bonchev–Trinajstić information content (AvgIpc) is 3.04. The lowest BCUT2D eigenvalue weighted by Crippen LogP contribution is -2.36. The molecule has 25 heavy (non-hydrogen) atoms. The van der Waals surface area contributed by atoms with E-state index in [2.05, 4.69) is 27.2 Å². The average molecular weight is 356 g/mol. The van der Waals surface area contributed by atoms with Gasteiger partial charge in [0.25, 0.3) is 0 Å². The number of nitrogens with two attached hydrogens (primary N) is 1. The molecule has 8 heteroatoms. The van der Waals surface area contributed by atoms with Gasteiger partial charge in [0.15, 0.2) is 5.82 Å². The zero-order chi connectivity index (χ0) is 17.4. The normalized spacial score (nSPS) is 23.7. The molecule has 0 unspecified atom stereocenters. The Morgan fingerprint density at radius 1 is 1.32 bits per heavy atom. The zero-order valence-electron chi connectivity index (χ0n) is 13.9. The molecule has 2 atom stereocenters. The molecule has 4 rings (SSSR count). The number of nitrogens with one attached hydrogen (secondary N) is 1. The molecular formula is C17H20N6OS. The highest BCUT2D eigenvalue weighted by molar-refractivity contribution is 7.19. The van der Waals surface area contributed by atoms with Crippen LogP contribution in [0.1, 0.15) is 37.6 Å². The minimum atomic E-state index is -0.849. The van der Waals surface area contributed by atoms with Crippen LogP contribution in [0, 0.1) is 5.92 Å². The summed E-state index contributed by atoms with van der Waals surface area (Å²) in [4.78, 5) is 17.2. The summed E-state index contributed by atoms with van der Waals surface area (Å²) in [7, 11) is 0. The fourth-order valence-corrected chi connectivity index (χ4v) is 4.58. The van der Waals surface area contributed by atoms with Crippen molar-refractivity contribution in [3.05, 3.63) is 29.7 Å². The minimum Gasteiger partial charge on any atom is -0.384 e. The highest BCUT2D eigenvalue weighted by Gasteiger charge is 2.40. The van der Waals surface area contributed by atoms with E-state index in [1.807, 2.05) is 6.07 Å². The van der Waals surface area contributed by atoms with Gasteiger partial charge in [-0.25, -0.2) is 19.9 Å². The number of fused-ring (bicyclic) bond motifs is 1. The lowest BCUT2D eigenvalue weighted by atomic mass is 9.77. The summed E-state index contributed by atoms with van der Waals surface area (Å²) in [5, 5.41) is 15.1. The van der Waals surface area contributed by atoms with Crippen LogP contribution in [0.2, 0.25) is 0 Å². The van der Waals surface area contributed by atoms with Crippen molar-refractivity contribution in [1.82, 2.24) is 19.9 Å². The van der Waals surface area contributed by atoms with Crippen molar-refractivity contribution in [3.63, 3.8) is 0 Å². The topological polar surface area (TPSA) is 110 Å². The number of anilines is 3. The molecule has 3 aromatic rings. The van der Waals surface area contributed by atoms with Crippen LogP contribution in [0.5, 0.6) is 0 Å². The van der Waals surface area contributed by atoms with Crippen LogP contribution >= 0.6 is 11.3 Å². The molecule has 7 nitrogen and oxygen atoms in total. The van der Waals surface area contributed by atoms with Gasteiger partial charge in [-0.1, -0.05) is 19.8 Å². The van der Waals surface area contributed by atoms with Gasteiger partial charge in [0.1, 0.15) is 28.6 Å². The van der Waals surface area contributed by atoms with Gasteiger partial charge in [0.2, 0.25) is 0 Å². The highest BCUT2D eigenvalue weighted by atomic mass is 32.1. The SMILES string of the molecule is C[C@H]1CCCC[C@]1(O)c1nc2ccnc(Nc3cc(N)ncn3)c2s1. The standard InChI is InChI=1S/C17H20N6OS/c1-10-4-2-3-6-17(10,24)16-22-11-5-7-19-15(14(11)25-16)23-13-8-12(18)20-9-21-13/h5,7-10,24H,2-4,6H2,1H3,(H3,18,19,20,21,23)/t10-,17+/m0/s1. The Hall–Kier alpha value is -2.32. The van der Waals surface area contributed by atoms with Gasteiger partial charge in [-0.2, -0.15) is 0 Å². The molecule has 4 N–H and O–H groups in total. The predicted octanol–water partition coefficient (Wildman–Crippen LogP) is 3.20. The number of aromatic nitrogens is 4. The molecule has 0 aromatic carbocycles. The Morgan fingerprint density at radius 3 is 3.00 bits per heavy atom. The highest BCUT2D eigenvalue weighted by Crippen LogP contribution is 2.44. The molecule has 0 aliphatic heterocycles. The van der Waals surface area contributed by atoms with E-state index in [-0.39, 0.29) is 5.92 Å². The molecule has 0 radical (unpaired) electrons. The van der Waals surface area contributed by atoms with Crippen molar-refractivity contribution in [2.24, 2.45) is 5.92 Å². The van der Waals surface area contributed by atoms with Crippen LogP contribution in [0.25, 0.3) is 10.2 Å². The maximum Gasteiger partial charge on any atom is 0.151 e. The molecule has 3 aromatic heterocycles. The van der Waals surface area contributed by atoms with Gasteiger partial charge < -0.3 is 16.2 Å². The Labute approximate surface area is 149 Å². The van der Waals surface area contributed by atoms with Gasteiger partial charge in [-0.15, -0.1) is 11.3 Å². The number of hydrogen-bond acceptors (Lipinski definition) is 8. The van der Waals surface area contributed by atoms with Crippen LogP contribution in [-0.4, -0.2) is 25.0 Å². The van der Waals surface area contributed by atoms with Gasteiger partial charge in [0, 0.05) is 12.3 Å². The van der Waals surface area contributed by atoms with Crippen LogP contribution in [-0.2, 0) is 5.60 Å². The Balaban J connectivity index is 1.74. The van der Waals surface area contributed by atoms with E-state index in [9.17, 15) is 5.11 Å². The minimum absolute atomic E-state index is 0.202.